The number of esters is 1. The maximum Gasteiger partial charge on any atom is 0.306 e. The number of carbonyl (C=O) groups excluding carboxylic acids is 1. The zero-order valence-corrected chi connectivity index (χ0v) is 12.5. The van der Waals surface area contributed by atoms with Gasteiger partial charge in [0.05, 0.1) is 23.3 Å². The highest BCUT2D eigenvalue weighted by Crippen LogP contribution is 2.31. The largest absolute Gasteiger partial charge is 0.459 e. The van der Waals surface area contributed by atoms with E-state index < -0.39 is 0 Å². The maximum atomic E-state index is 11.6. The molecule has 1 aliphatic heterocycles. The van der Waals surface area contributed by atoms with E-state index in [4.69, 9.17) is 4.74 Å². The van der Waals surface area contributed by atoms with Gasteiger partial charge in [0.25, 0.3) is 0 Å². The molecule has 0 saturated carbocycles. The first kappa shape index (κ1) is 13.4. The summed E-state index contributed by atoms with van der Waals surface area (Å²) in [6, 6.07) is 8.13. The number of nitrogens with zero attached hydrogens (tertiary/aromatic N) is 2. The molecule has 0 atom stereocenters. The Morgan fingerprint density at radius 3 is 2.90 bits per heavy atom. The Balaban J connectivity index is 1.56. The van der Waals surface area contributed by atoms with E-state index in [0.29, 0.717) is 12.3 Å². The van der Waals surface area contributed by atoms with Crippen molar-refractivity contribution in [3.05, 3.63) is 24.3 Å². The van der Waals surface area contributed by atoms with Crippen molar-refractivity contribution in [2.75, 3.05) is 18.0 Å². The summed E-state index contributed by atoms with van der Waals surface area (Å²) in [6.07, 6.45) is 0.519. The summed E-state index contributed by atoms with van der Waals surface area (Å²) in [6.45, 7) is 5.55. The summed E-state index contributed by atoms with van der Waals surface area (Å²) < 4.78 is 6.62. The molecule has 20 heavy (non-hydrogen) atoms. The molecule has 0 aliphatic carbocycles. The summed E-state index contributed by atoms with van der Waals surface area (Å²) in [5.74, 6) is 0.261. The van der Waals surface area contributed by atoms with Gasteiger partial charge in [-0.05, 0) is 18.1 Å². The first-order valence-corrected chi connectivity index (χ1v) is 7.73. The molecule has 0 N–H and O–H groups in total. The lowest BCUT2D eigenvalue weighted by Gasteiger charge is -2.38. The van der Waals surface area contributed by atoms with E-state index in [1.807, 2.05) is 32.0 Å². The standard InChI is InChI=1S/C15H18N2O2S/c1-10(2)7-14(18)19-11-8-17(9-11)15-16-12-5-3-4-6-13(12)20-15/h3-6,10-11H,7-9H2,1-2H3. The van der Waals surface area contributed by atoms with Gasteiger partial charge >= 0.3 is 5.97 Å². The molecule has 1 aromatic heterocycles. The van der Waals surface area contributed by atoms with E-state index in [1.165, 1.54) is 4.70 Å². The molecular weight excluding hydrogens is 272 g/mol. The van der Waals surface area contributed by atoms with E-state index in [-0.39, 0.29) is 12.1 Å². The van der Waals surface area contributed by atoms with Crippen molar-refractivity contribution in [3.63, 3.8) is 0 Å². The average Bonchev–Trinajstić information content (AvgIpc) is 2.75. The summed E-state index contributed by atoms with van der Waals surface area (Å²) in [7, 11) is 0. The van der Waals surface area contributed by atoms with Gasteiger partial charge in [0.2, 0.25) is 0 Å². The van der Waals surface area contributed by atoms with Crippen LogP contribution in [-0.4, -0.2) is 30.1 Å². The molecule has 1 aliphatic rings. The van der Waals surface area contributed by atoms with Crippen LogP contribution in [0.2, 0.25) is 0 Å². The highest BCUT2D eigenvalue weighted by Gasteiger charge is 2.32. The monoisotopic (exact) mass is 290 g/mol. The smallest absolute Gasteiger partial charge is 0.306 e. The van der Waals surface area contributed by atoms with Gasteiger partial charge in [-0.2, -0.15) is 0 Å². The van der Waals surface area contributed by atoms with Gasteiger partial charge in [-0.15, -0.1) is 0 Å². The quantitative estimate of drug-likeness (QED) is 0.812. The Hall–Kier alpha value is -1.62. The van der Waals surface area contributed by atoms with Crippen LogP contribution < -0.4 is 4.90 Å². The number of thiazole rings is 1. The van der Waals surface area contributed by atoms with Gasteiger partial charge in [-0.3, -0.25) is 4.79 Å². The van der Waals surface area contributed by atoms with Crippen LogP contribution >= 0.6 is 11.3 Å². The number of ether oxygens (including phenoxy) is 1. The van der Waals surface area contributed by atoms with Crippen LogP contribution in [0.15, 0.2) is 24.3 Å². The molecule has 2 heterocycles. The van der Waals surface area contributed by atoms with Crippen LogP contribution in [0.25, 0.3) is 10.2 Å². The third kappa shape index (κ3) is 2.77. The molecule has 1 fully saturated rings. The summed E-state index contributed by atoms with van der Waals surface area (Å²) in [4.78, 5) is 18.4. The summed E-state index contributed by atoms with van der Waals surface area (Å²) in [5.41, 5.74) is 1.03. The minimum atomic E-state index is -0.0889. The number of carbonyl (C=O) groups is 1. The van der Waals surface area contributed by atoms with E-state index in [9.17, 15) is 4.79 Å². The van der Waals surface area contributed by atoms with E-state index >= 15 is 0 Å². The van der Waals surface area contributed by atoms with Crippen LogP contribution in [0.1, 0.15) is 20.3 Å². The van der Waals surface area contributed by atoms with E-state index in [1.54, 1.807) is 11.3 Å². The van der Waals surface area contributed by atoms with Crippen molar-refractivity contribution >= 4 is 32.7 Å². The molecule has 106 valence electrons. The molecule has 0 unspecified atom stereocenters. The number of hydrogen-bond acceptors (Lipinski definition) is 5. The number of hydrogen-bond donors (Lipinski definition) is 0. The van der Waals surface area contributed by atoms with Crippen LogP contribution in [-0.2, 0) is 9.53 Å². The van der Waals surface area contributed by atoms with E-state index in [2.05, 4.69) is 16.0 Å². The third-order valence-corrected chi connectivity index (χ3v) is 4.37. The molecule has 0 spiro atoms. The highest BCUT2D eigenvalue weighted by atomic mass is 32.1. The van der Waals surface area contributed by atoms with Crippen LogP contribution in [0.4, 0.5) is 5.13 Å². The first-order chi connectivity index (χ1) is 9.61. The molecule has 0 radical (unpaired) electrons. The normalized spacial score (nSPS) is 15.7. The highest BCUT2D eigenvalue weighted by molar-refractivity contribution is 7.22. The summed E-state index contributed by atoms with van der Waals surface area (Å²) >= 11 is 1.69. The fraction of sp³-hybridized carbons (Fsp3) is 0.467. The predicted molar refractivity (Wildman–Crippen MR) is 81.2 cm³/mol. The topological polar surface area (TPSA) is 42.4 Å². The van der Waals surface area contributed by atoms with Crippen molar-refractivity contribution < 1.29 is 9.53 Å². The number of anilines is 1. The number of fused-ring (bicyclic) bond motifs is 1. The number of para-hydroxylation sites is 1. The molecule has 0 bridgehead atoms. The minimum Gasteiger partial charge on any atom is -0.459 e. The van der Waals surface area contributed by atoms with Gasteiger partial charge in [0, 0.05) is 6.42 Å². The second-order valence-corrected chi connectivity index (χ2v) is 6.59. The minimum absolute atomic E-state index is 0.0215. The first-order valence-electron chi connectivity index (χ1n) is 6.92. The van der Waals surface area contributed by atoms with Gasteiger partial charge in [-0.25, -0.2) is 4.98 Å². The Morgan fingerprint density at radius 1 is 1.45 bits per heavy atom. The number of benzene rings is 1. The van der Waals surface area contributed by atoms with Crippen molar-refractivity contribution in [2.24, 2.45) is 5.92 Å². The zero-order valence-electron chi connectivity index (χ0n) is 11.7. The van der Waals surface area contributed by atoms with Crippen molar-refractivity contribution in [1.82, 2.24) is 4.98 Å². The average molecular weight is 290 g/mol. The van der Waals surface area contributed by atoms with Crippen LogP contribution in [0.5, 0.6) is 0 Å². The van der Waals surface area contributed by atoms with Gasteiger partial charge < -0.3 is 9.64 Å². The maximum absolute atomic E-state index is 11.6. The van der Waals surface area contributed by atoms with Crippen molar-refractivity contribution in [2.45, 2.75) is 26.4 Å². The second-order valence-electron chi connectivity index (χ2n) is 5.58. The lowest BCUT2D eigenvalue weighted by molar-refractivity contribution is -0.151. The summed E-state index contributed by atoms with van der Waals surface area (Å²) in [5, 5.41) is 1.02. The fourth-order valence-electron chi connectivity index (χ4n) is 2.23. The molecule has 2 aromatic rings. The van der Waals surface area contributed by atoms with Gasteiger partial charge in [0.15, 0.2) is 5.13 Å². The lowest BCUT2D eigenvalue weighted by atomic mass is 10.1. The molecule has 0 amide bonds. The Bertz CT molecular complexity index is 584. The zero-order chi connectivity index (χ0) is 14.1. The Labute approximate surface area is 122 Å². The van der Waals surface area contributed by atoms with Crippen molar-refractivity contribution in [1.29, 1.82) is 0 Å². The Kier molecular flexibility index (Phi) is 3.61. The molecule has 5 heteroatoms. The van der Waals surface area contributed by atoms with Crippen LogP contribution in [0.3, 0.4) is 0 Å². The Morgan fingerprint density at radius 2 is 2.20 bits per heavy atom. The van der Waals surface area contributed by atoms with Gasteiger partial charge in [-0.1, -0.05) is 37.3 Å². The predicted octanol–water partition coefficient (Wildman–Crippen LogP) is 3.07. The van der Waals surface area contributed by atoms with Crippen molar-refractivity contribution in [3.8, 4) is 0 Å². The molecule has 3 rings (SSSR count). The fourth-order valence-corrected chi connectivity index (χ4v) is 3.22. The molecule has 1 aromatic carbocycles. The molecular formula is C15H18N2O2S. The van der Waals surface area contributed by atoms with Crippen LogP contribution in [0, 0.1) is 5.92 Å². The molecule has 4 nitrogen and oxygen atoms in total. The van der Waals surface area contributed by atoms with Gasteiger partial charge in [0.1, 0.15) is 6.10 Å². The van der Waals surface area contributed by atoms with E-state index in [0.717, 1.165) is 23.7 Å². The second kappa shape index (κ2) is 5.40. The number of rotatable bonds is 4. The number of aromatic nitrogens is 1. The SMILES string of the molecule is CC(C)CC(=O)OC1CN(c2nc3ccccc3s2)C1. The molecule has 1 saturated heterocycles. The third-order valence-electron chi connectivity index (χ3n) is 3.27. The lowest BCUT2D eigenvalue weighted by Crippen LogP contribution is -2.53.